The first-order chi connectivity index (χ1) is 13.7. The molecule has 0 bridgehead atoms. The van der Waals surface area contributed by atoms with Gasteiger partial charge in [0.15, 0.2) is 6.10 Å². The van der Waals surface area contributed by atoms with Crippen molar-refractivity contribution in [1.29, 1.82) is 0 Å². The molecule has 0 radical (unpaired) electrons. The van der Waals surface area contributed by atoms with Crippen molar-refractivity contribution < 1.29 is 32.9 Å². The summed E-state index contributed by atoms with van der Waals surface area (Å²) in [4.78, 5) is 25.1. The highest BCUT2D eigenvalue weighted by Crippen LogP contribution is 2.30. The maximum atomic E-state index is 12.9. The minimum absolute atomic E-state index is 0.125. The Bertz CT molecular complexity index is 697. The number of hydrogen-bond acceptors (Lipinski definition) is 7. The number of hydrogen-bond donors (Lipinski definition) is 1. The van der Waals surface area contributed by atoms with Gasteiger partial charge >= 0.3 is 11.9 Å². The monoisotopic (exact) mass is 411 g/mol. The second kappa shape index (κ2) is 10.4. The number of benzene rings is 1. The summed E-state index contributed by atoms with van der Waals surface area (Å²) in [6.45, 7) is 6.04. The highest BCUT2D eigenvalue weighted by atomic mass is 19.1. The summed E-state index contributed by atoms with van der Waals surface area (Å²) in [7, 11) is 1.26. The molecular weight excluding hydrogens is 381 g/mol. The van der Waals surface area contributed by atoms with Crippen molar-refractivity contribution in [2.24, 2.45) is 5.92 Å². The fraction of sp³-hybridized carbons (Fsp3) is 0.619. The quantitative estimate of drug-likeness (QED) is 0.659. The molecule has 1 heterocycles. The van der Waals surface area contributed by atoms with Gasteiger partial charge < -0.3 is 24.3 Å². The van der Waals surface area contributed by atoms with Gasteiger partial charge in [-0.2, -0.15) is 0 Å². The lowest BCUT2D eigenvalue weighted by molar-refractivity contribution is -0.166. The van der Waals surface area contributed by atoms with E-state index in [-0.39, 0.29) is 23.8 Å². The summed E-state index contributed by atoms with van der Waals surface area (Å²) in [5, 5.41) is 3.26. The number of carbonyl (C=O) groups is 2. The average molecular weight is 411 g/mol. The smallest absolute Gasteiger partial charge is 0.348 e. The number of methoxy groups -OCH3 is 1. The molecule has 7 nitrogen and oxygen atoms in total. The molecule has 0 aromatic heterocycles. The molecule has 1 aliphatic heterocycles. The molecule has 0 saturated carbocycles. The third-order valence-corrected chi connectivity index (χ3v) is 4.36. The third-order valence-electron chi connectivity index (χ3n) is 4.36. The Morgan fingerprint density at radius 3 is 2.66 bits per heavy atom. The minimum atomic E-state index is -0.915. The van der Waals surface area contributed by atoms with Crippen molar-refractivity contribution in [1.82, 2.24) is 5.32 Å². The molecule has 1 N–H and O–H groups in total. The molecular formula is C21H30FNO6. The summed E-state index contributed by atoms with van der Waals surface area (Å²) in [6, 6.07) is 4.47. The van der Waals surface area contributed by atoms with Crippen molar-refractivity contribution in [2.45, 2.75) is 45.3 Å². The van der Waals surface area contributed by atoms with Crippen LogP contribution in [0.3, 0.4) is 0 Å². The molecule has 1 aliphatic rings. The average Bonchev–Trinajstić information content (AvgIpc) is 2.69. The first-order valence-electron chi connectivity index (χ1n) is 9.76. The molecule has 0 amide bonds. The lowest BCUT2D eigenvalue weighted by atomic mass is 9.93. The Balaban J connectivity index is 2.35. The molecule has 162 valence electrons. The number of carbonyl (C=O) groups excluding carboxylic acids is 2. The number of piperidine rings is 1. The van der Waals surface area contributed by atoms with Crippen LogP contribution in [-0.2, 0) is 14.3 Å². The Kier molecular flexibility index (Phi) is 8.25. The number of ether oxygens (including phenoxy) is 4. The molecule has 8 heteroatoms. The van der Waals surface area contributed by atoms with Gasteiger partial charge in [0.1, 0.15) is 35.9 Å². The van der Waals surface area contributed by atoms with Crippen LogP contribution in [0.15, 0.2) is 18.2 Å². The molecule has 1 aromatic rings. The summed E-state index contributed by atoms with van der Waals surface area (Å²) in [6.07, 6.45) is 0.765. The van der Waals surface area contributed by atoms with E-state index in [2.05, 4.69) is 5.32 Å². The summed E-state index contributed by atoms with van der Waals surface area (Å²) in [5.74, 6) is -0.775. The predicted octanol–water partition coefficient (Wildman–Crippen LogP) is 2.91. The first kappa shape index (κ1) is 22.9. The van der Waals surface area contributed by atoms with Crippen LogP contribution in [-0.4, -0.2) is 57.1 Å². The van der Waals surface area contributed by atoms with E-state index in [0.29, 0.717) is 12.3 Å². The number of nitrogens with one attached hydrogen (secondary N) is 1. The SMILES string of the molecule is COC(=O)c1ccc(OCCF)cc1OC(C(=O)OC(C)(C)C)C1CCCNC1. The Morgan fingerprint density at radius 1 is 1.31 bits per heavy atom. The summed E-state index contributed by atoms with van der Waals surface area (Å²) < 4.78 is 34.2. The van der Waals surface area contributed by atoms with E-state index < -0.39 is 30.3 Å². The molecule has 2 atom stereocenters. The van der Waals surface area contributed by atoms with Crippen LogP contribution >= 0.6 is 0 Å². The van der Waals surface area contributed by atoms with Gasteiger partial charge in [-0.15, -0.1) is 0 Å². The third kappa shape index (κ3) is 6.88. The molecule has 0 spiro atoms. The van der Waals surface area contributed by atoms with E-state index in [4.69, 9.17) is 18.9 Å². The Hall–Kier alpha value is -2.35. The van der Waals surface area contributed by atoms with Crippen LogP contribution in [0.2, 0.25) is 0 Å². The Labute approximate surface area is 170 Å². The molecule has 2 unspecified atom stereocenters. The highest BCUT2D eigenvalue weighted by Gasteiger charge is 2.36. The Morgan fingerprint density at radius 2 is 2.07 bits per heavy atom. The number of alkyl halides is 1. The topological polar surface area (TPSA) is 83.1 Å². The zero-order valence-corrected chi connectivity index (χ0v) is 17.5. The maximum absolute atomic E-state index is 12.9. The standard InChI is InChI=1S/C21H30FNO6/c1-21(2,3)29-20(25)18(14-6-5-10-23-13-14)28-17-12-15(27-11-9-22)7-8-16(17)19(24)26-4/h7-8,12,14,18,23H,5-6,9-11,13H2,1-4H3. The second-order valence-electron chi connectivity index (χ2n) is 7.87. The molecule has 29 heavy (non-hydrogen) atoms. The number of rotatable bonds is 8. The molecule has 1 saturated heterocycles. The minimum Gasteiger partial charge on any atom is -0.491 e. The first-order valence-corrected chi connectivity index (χ1v) is 9.76. The van der Waals surface area contributed by atoms with Gasteiger partial charge in [-0.05, 0) is 52.3 Å². The zero-order chi connectivity index (χ0) is 21.4. The lowest BCUT2D eigenvalue weighted by Gasteiger charge is -2.32. The number of halogens is 1. The van der Waals surface area contributed by atoms with E-state index in [0.717, 1.165) is 19.4 Å². The normalized spacial score (nSPS) is 17.9. The van der Waals surface area contributed by atoms with Crippen molar-refractivity contribution in [2.75, 3.05) is 33.5 Å². The predicted molar refractivity (Wildman–Crippen MR) is 105 cm³/mol. The van der Waals surface area contributed by atoms with Crippen LogP contribution in [0.25, 0.3) is 0 Å². The van der Waals surface area contributed by atoms with Crippen LogP contribution in [0, 0.1) is 5.92 Å². The van der Waals surface area contributed by atoms with E-state index >= 15 is 0 Å². The highest BCUT2D eigenvalue weighted by molar-refractivity contribution is 5.93. The lowest BCUT2D eigenvalue weighted by Crippen LogP contribution is -2.46. The van der Waals surface area contributed by atoms with Gasteiger partial charge in [0.05, 0.1) is 7.11 Å². The van der Waals surface area contributed by atoms with Gasteiger partial charge in [-0.3, -0.25) is 0 Å². The van der Waals surface area contributed by atoms with Gasteiger partial charge in [-0.25, -0.2) is 14.0 Å². The van der Waals surface area contributed by atoms with Gasteiger partial charge in [0.2, 0.25) is 0 Å². The van der Waals surface area contributed by atoms with Crippen molar-refractivity contribution in [3.05, 3.63) is 23.8 Å². The fourth-order valence-electron chi connectivity index (χ4n) is 3.10. The largest absolute Gasteiger partial charge is 0.491 e. The van der Waals surface area contributed by atoms with Gasteiger partial charge in [-0.1, -0.05) is 0 Å². The van der Waals surface area contributed by atoms with E-state index in [1.54, 1.807) is 20.8 Å². The van der Waals surface area contributed by atoms with Gasteiger partial charge in [0.25, 0.3) is 0 Å². The second-order valence-corrected chi connectivity index (χ2v) is 7.87. The van der Waals surface area contributed by atoms with Crippen molar-refractivity contribution in [3.63, 3.8) is 0 Å². The summed E-state index contributed by atoms with van der Waals surface area (Å²) >= 11 is 0. The van der Waals surface area contributed by atoms with Crippen molar-refractivity contribution in [3.8, 4) is 11.5 Å². The van der Waals surface area contributed by atoms with Crippen LogP contribution < -0.4 is 14.8 Å². The van der Waals surface area contributed by atoms with E-state index in [9.17, 15) is 14.0 Å². The molecule has 1 aromatic carbocycles. The van der Waals surface area contributed by atoms with Crippen LogP contribution in [0.5, 0.6) is 11.5 Å². The molecule has 2 rings (SSSR count). The van der Waals surface area contributed by atoms with E-state index in [1.807, 2.05) is 0 Å². The molecule has 0 aliphatic carbocycles. The number of esters is 2. The van der Waals surface area contributed by atoms with Crippen LogP contribution in [0.4, 0.5) is 4.39 Å². The molecule has 1 fully saturated rings. The van der Waals surface area contributed by atoms with Crippen molar-refractivity contribution >= 4 is 11.9 Å². The summed E-state index contributed by atoms with van der Waals surface area (Å²) in [5.41, 5.74) is -0.532. The maximum Gasteiger partial charge on any atom is 0.348 e. The van der Waals surface area contributed by atoms with Gasteiger partial charge in [0, 0.05) is 18.5 Å². The zero-order valence-electron chi connectivity index (χ0n) is 17.5. The van der Waals surface area contributed by atoms with Crippen LogP contribution in [0.1, 0.15) is 44.0 Å². The van der Waals surface area contributed by atoms with E-state index in [1.165, 1.54) is 25.3 Å². The fourth-order valence-corrected chi connectivity index (χ4v) is 3.10.